The highest BCUT2D eigenvalue weighted by Crippen LogP contribution is 1.96. The Balaban J connectivity index is 3.16. The highest BCUT2D eigenvalue weighted by atomic mass is 16.2. The number of rotatable bonds is 8. The normalized spacial score (nSPS) is 10.0. The molecule has 0 saturated heterocycles. The Morgan fingerprint density at radius 1 is 1.15 bits per heavy atom. The van der Waals surface area contributed by atoms with Crippen molar-refractivity contribution in [3.05, 3.63) is 0 Å². The van der Waals surface area contributed by atoms with E-state index in [2.05, 4.69) is 12.2 Å². The predicted molar refractivity (Wildman–Crippen MR) is 52.7 cm³/mol. The quantitative estimate of drug-likeness (QED) is 0.458. The molecule has 0 aliphatic carbocycles. The van der Waals surface area contributed by atoms with Gasteiger partial charge in [-0.2, -0.15) is 0 Å². The Morgan fingerprint density at radius 3 is 2.38 bits per heavy atom. The number of unbranched alkanes of at least 4 members (excludes halogenated alkanes) is 3. The van der Waals surface area contributed by atoms with Gasteiger partial charge >= 0.3 is 0 Å². The van der Waals surface area contributed by atoms with Crippen molar-refractivity contribution in [1.29, 1.82) is 0 Å². The van der Waals surface area contributed by atoms with Crippen molar-refractivity contribution in [2.75, 3.05) is 13.1 Å². The topological polar surface area (TPSA) is 46.2 Å². The fourth-order valence-corrected chi connectivity index (χ4v) is 1.00. The van der Waals surface area contributed by atoms with Crippen molar-refractivity contribution < 1.29 is 9.59 Å². The van der Waals surface area contributed by atoms with Gasteiger partial charge in [0.05, 0.1) is 6.54 Å². The van der Waals surface area contributed by atoms with Crippen LogP contribution in [0.5, 0.6) is 0 Å². The largest absolute Gasteiger partial charge is 0.310 e. The molecular formula is C10H19NO2. The van der Waals surface area contributed by atoms with Crippen LogP contribution in [0.1, 0.15) is 39.5 Å². The molecule has 0 aromatic carbocycles. The minimum atomic E-state index is -0.360. The summed E-state index contributed by atoms with van der Waals surface area (Å²) < 4.78 is 0. The van der Waals surface area contributed by atoms with Crippen LogP contribution in [0.2, 0.25) is 0 Å². The van der Waals surface area contributed by atoms with Crippen LogP contribution in [0.25, 0.3) is 0 Å². The molecule has 0 radical (unpaired) electrons. The van der Waals surface area contributed by atoms with Gasteiger partial charge in [0.2, 0.25) is 5.78 Å². The maximum Gasteiger partial charge on any atom is 0.211 e. The lowest BCUT2D eigenvalue weighted by atomic mass is 10.2. The van der Waals surface area contributed by atoms with E-state index in [0.29, 0.717) is 0 Å². The molecule has 0 rings (SSSR count). The van der Waals surface area contributed by atoms with Crippen molar-refractivity contribution >= 4 is 11.6 Å². The van der Waals surface area contributed by atoms with Gasteiger partial charge < -0.3 is 5.32 Å². The third-order valence-corrected chi connectivity index (χ3v) is 1.89. The lowest BCUT2D eigenvalue weighted by Gasteiger charge is -2.01. The van der Waals surface area contributed by atoms with Crippen LogP contribution >= 0.6 is 0 Å². The van der Waals surface area contributed by atoms with E-state index in [1.165, 1.54) is 26.2 Å². The second-order valence-corrected chi connectivity index (χ2v) is 3.22. The number of nitrogens with one attached hydrogen (secondary N) is 1. The minimum absolute atomic E-state index is 0.196. The van der Waals surface area contributed by atoms with Gasteiger partial charge in [0.15, 0.2) is 5.78 Å². The molecule has 0 aromatic rings. The third kappa shape index (κ3) is 7.65. The van der Waals surface area contributed by atoms with E-state index in [0.717, 1.165) is 13.0 Å². The van der Waals surface area contributed by atoms with E-state index in [1.807, 2.05) is 0 Å². The summed E-state index contributed by atoms with van der Waals surface area (Å²) in [6, 6.07) is 0. The van der Waals surface area contributed by atoms with Gasteiger partial charge in [-0.25, -0.2) is 0 Å². The highest BCUT2D eigenvalue weighted by molar-refractivity contribution is 6.37. The predicted octanol–water partition coefficient (Wildman–Crippen LogP) is 1.31. The Morgan fingerprint density at radius 2 is 1.85 bits per heavy atom. The number of carbonyl (C=O) groups is 2. The first-order valence-electron chi connectivity index (χ1n) is 4.93. The van der Waals surface area contributed by atoms with E-state index < -0.39 is 0 Å². The average Bonchev–Trinajstić information content (AvgIpc) is 2.10. The molecule has 0 aliphatic rings. The number of carbonyl (C=O) groups excluding carboxylic acids is 2. The average molecular weight is 185 g/mol. The fraction of sp³-hybridized carbons (Fsp3) is 0.800. The second kappa shape index (κ2) is 7.92. The summed E-state index contributed by atoms with van der Waals surface area (Å²) in [5.41, 5.74) is 0. The molecule has 3 heteroatoms. The van der Waals surface area contributed by atoms with Gasteiger partial charge in [0.25, 0.3) is 0 Å². The van der Waals surface area contributed by atoms with Crippen molar-refractivity contribution in [1.82, 2.24) is 5.32 Å². The molecule has 13 heavy (non-hydrogen) atoms. The Labute approximate surface area is 79.9 Å². The summed E-state index contributed by atoms with van der Waals surface area (Å²) in [6.45, 7) is 4.49. The van der Waals surface area contributed by atoms with Crippen LogP contribution < -0.4 is 5.32 Å². The van der Waals surface area contributed by atoms with Crippen LogP contribution in [-0.2, 0) is 9.59 Å². The van der Waals surface area contributed by atoms with E-state index in [-0.39, 0.29) is 18.1 Å². The zero-order chi connectivity index (χ0) is 10.1. The van der Waals surface area contributed by atoms with Gasteiger partial charge in [0, 0.05) is 6.92 Å². The molecule has 0 aromatic heterocycles. The lowest BCUT2D eigenvalue weighted by Crippen LogP contribution is -2.27. The van der Waals surface area contributed by atoms with Crippen LogP contribution in [0, 0.1) is 0 Å². The number of Topliss-reactive ketones (excluding diaryl/α,β-unsaturated/α-hetero) is 2. The first-order chi connectivity index (χ1) is 6.18. The molecule has 0 spiro atoms. The van der Waals surface area contributed by atoms with Gasteiger partial charge in [0.1, 0.15) is 0 Å². The molecule has 0 atom stereocenters. The maximum absolute atomic E-state index is 10.8. The smallest absolute Gasteiger partial charge is 0.211 e. The van der Waals surface area contributed by atoms with Gasteiger partial charge in [-0.1, -0.05) is 26.2 Å². The van der Waals surface area contributed by atoms with Crippen molar-refractivity contribution in [2.24, 2.45) is 0 Å². The summed E-state index contributed by atoms with van der Waals surface area (Å²) in [7, 11) is 0. The van der Waals surface area contributed by atoms with Crippen molar-refractivity contribution in [3.63, 3.8) is 0 Å². The standard InChI is InChI=1S/C10H19NO2/c1-3-4-5-6-7-11-8-10(13)9(2)12/h11H,3-8H2,1-2H3. The molecule has 0 amide bonds. The molecule has 0 saturated carbocycles. The van der Waals surface area contributed by atoms with E-state index in [1.54, 1.807) is 0 Å². The SMILES string of the molecule is CCCCCCNCC(=O)C(C)=O. The zero-order valence-corrected chi connectivity index (χ0v) is 8.56. The first kappa shape index (κ1) is 12.3. The molecule has 0 aliphatic heterocycles. The molecule has 0 bridgehead atoms. The van der Waals surface area contributed by atoms with Crippen LogP contribution in [0.4, 0.5) is 0 Å². The molecule has 3 nitrogen and oxygen atoms in total. The molecular weight excluding hydrogens is 166 g/mol. The molecule has 0 unspecified atom stereocenters. The van der Waals surface area contributed by atoms with Crippen LogP contribution in [0.15, 0.2) is 0 Å². The fourth-order valence-electron chi connectivity index (χ4n) is 1.00. The summed E-state index contributed by atoms with van der Waals surface area (Å²) >= 11 is 0. The first-order valence-corrected chi connectivity index (χ1v) is 4.93. The lowest BCUT2D eigenvalue weighted by molar-refractivity contribution is -0.134. The van der Waals surface area contributed by atoms with E-state index in [9.17, 15) is 9.59 Å². The molecule has 0 heterocycles. The Hall–Kier alpha value is -0.700. The summed E-state index contributed by atoms with van der Waals surface area (Å²) in [4.78, 5) is 21.3. The number of hydrogen-bond acceptors (Lipinski definition) is 3. The summed E-state index contributed by atoms with van der Waals surface area (Å²) in [6.07, 6.45) is 4.73. The van der Waals surface area contributed by atoms with E-state index in [4.69, 9.17) is 0 Å². The number of hydrogen-bond donors (Lipinski definition) is 1. The molecule has 0 fully saturated rings. The second-order valence-electron chi connectivity index (χ2n) is 3.22. The van der Waals surface area contributed by atoms with Crippen molar-refractivity contribution in [3.8, 4) is 0 Å². The summed E-state index contributed by atoms with van der Waals surface area (Å²) in [5, 5.41) is 2.96. The van der Waals surface area contributed by atoms with Crippen LogP contribution in [-0.4, -0.2) is 24.7 Å². The van der Waals surface area contributed by atoms with Gasteiger partial charge in [-0.05, 0) is 13.0 Å². The van der Waals surface area contributed by atoms with Crippen molar-refractivity contribution in [2.45, 2.75) is 39.5 Å². The summed E-state index contributed by atoms with van der Waals surface area (Å²) in [5.74, 6) is -0.684. The third-order valence-electron chi connectivity index (χ3n) is 1.89. The van der Waals surface area contributed by atoms with Gasteiger partial charge in [-0.15, -0.1) is 0 Å². The maximum atomic E-state index is 10.8. The zero-order valence-electron chi connectivity index (χ0n) is 8.56. The van der Waals surface area contributed by atoms with Gasteiger partial charge in [-0.3, -0.25) is 9.59 Å². The Bertz CT molecular complexity index is 166. The molecule has 76 valence electrons. The minimum Gasteiger partial charge on any atom is -0.310 e. The highest BCUT2D eigenvalue weighted by Gasteiger charge is 2.05. The monoisotopic (exact) mass is 185 g/mol. The number of ketones is 2. The Kier molecular flexibility index (Phi) is 7.50. The van der Waals surface area contributed by atoms with E-state index >= 15 is 0 Å². The van der Waals surface area contributed by atoms with Crippen LogP contribution in [0.3, 0.4) is 0 Å². The molecule has 1 N–H and O–H groups in total.